The number of para-hydroxylation sites is 1. The van der Waals surface area contributed by atoms with Gasteiger partial charge in [0.05, 0.1) is 13.2 Å². The molecule has 0 radical (unpaired) electrons. The van der Waals surface area contributed by atoms with Crippen molar-refractivity contribution in [2.45, 2.75) is 20.8 Å². The molecule has 1 N–H and O–H groups in total. The van der Waals surface area contributed by atoms with Gasteiger partial charge in [-0.1, -0.05) is 18.2 Å². The Balaban J connectivity index is 0.000000302. The second-order valence-electron chi connectivity index (χ2n) is 3.01. The van der Waals surface area contributed by atoms with Gasteiger partial charge in [-0.2, -0.15) is 8.42 Å². The number of hydrogen-bond acceptors (Lipinski definition) is 5. The standard InChI is InChI=1S/C7H8O.C4H10O4S/c1-6-4-2-3-5-7(6)8;1-3-7-9(5,6)8-4-2/h2-5,8H,1H3;3-4H2,1-2H3. The third-order valence-corrected chi connectivity index (χ3v) is 2.69. The molecule has 5 nitrogen and oxygen atoms in total. The van der Waals surface area contributed by atoms with Gasteiger partial charge in [-0.25, -0.2) is 8.37 Å². The van der Waals surface area contributed by atoms with Crippen molar-refractivity contribution in [1.29, 1.82) is 0 Å². The van der Waals surface area contributed by atoms with E-state index >= 15 is 0 Å². The number of benzene rings is 1. The van der Waals surface area contributed by atoms with Crippen LogP contribution in [0.15, 0.2) is 24.3 Å². The smallest absolute Gasteiger partial charge is 0.399 e. The number of hydrogen-bond donors (Lipinski definition) is 1. The van der Waals surface area contributed by atoms with Crippen LogP contribution >= 0.6 is 0 Å². The zero-order valence-corrected chi connectivity index (χ0v) is 11.0. The highest BCUT2D eigenvalue weighted by atomic mass is 32.3. The van der Waals surface area contributed by atoms with Crippen molar-refractivity contribution in [3.05, 3.63) is 29.8 Å². The zero-order chi connectivity index (χ0) is 13.3. The van der Waals surface area contributed by atoms with Crippen molar-refractivity contribution in [2.75, 3.05) is 13.2 Å². The first kappa shape index (κ1) is 15.9. The largest absolute Gasteiger partial charge is 0.508 e. The van der Waals surface area contributed by atoms with Gasteiger partial charge >= 0.3 is 10.4 Å². The van der Waals surface area contributed by atoms with Crippen molar-refractivity contribution < 1.29 is 21.9 Å². The molecule has 0 saturated carbocycles. The molecule has 0 aromatic heterocycles. The van der Waals surface area contributed by atoms with Crippen LogP contribution in [-0.4, -0.2) is 26.7 Å². The van der Waals surface area contributed by atoms with Gasteiger partial charge in [0.2, 0.25) is 0 Å². The SMILES string of the molecule is CCOS(=O)(=O)OCC.Cc1ccccc1O. The number of phenolic OH excluding ortho intramolecular Hbond substituents is 1. The normalized spacial score (nSPS) is 10.5. The van der Waals surface area contributed by atoms with Crippen LogP contribution in [-0.2, 0) is 18.8 Å². The Morgan fingerprint density at radius 3 is 1.88 bits per heavy atom. The second-order valence-corrected chi connectivity index (χ2v) is 4.30. The molecule has 98 valence electrons. The second kappa shape index (κ2) is 8.05. The minimum absolute atomic E-state index is 0.113. The lowest BCUT2D eigenvalue weighted by atomic mass is 10.2. The summed E-state index contributed by atoms with van der Waals surface area (Å²) < 4.78 is 29.2. The summed E-state index contributed by atoms with van der Waals surface area (Å²) >= 11 is 0. The van der Waals surface area contributed by atoms with Crippen molar-refractivity contribution in [1.82, 2.24) is 0 Å². The van der Waals surface area contributed by atoms with Crippen LogP contribution in [0.5, 0.6) is 5.75 Å². The Morgan fingerprint density at radius 2 is 1.59 bits per heavy atom. The van der Waals surface area contributed by atoms with E-state index in [1.54, 1.807) is 19.9 Å². The first-order chi connectivity index (χ1) is 7.93. The van der Waals surface area contributed by atoms with E-state index < -0.39 is 10.4 Å². The van der Waals surface area contributed by atoms with E-state index in [1.807, 2.05) is 25.1 Å². The Morgan fingerprint density at radius 1 is 1.12 bits per heavy atom. The lowest BCUT2D eigenvalue weighted by Gasteiger charge is -1.99. The maximum absolute atomic E-state index is 10.4. The molecule has 0 aliphatic heterocycles. The highest BCUT2D eigenvalue weighted by Gasteiger charge is 2.06. The first-order valence-corrected chi connectivity index (χ1v) is 6.54. The molecule has 1 aromatic rings. The number of aromatic hydroxyl groups is 1. The van der Waals surface area contributed by atoms with Crippen LogP contribution in [0.25, 0.3) is 0 Å². The predicted molar refractivity (Wildman–Crippen MR) is 65.0 cm³/mol. The highest BCUT2D eigenvalue weighted by Crippen LogP contribution is 2.12. The van der Waals surface area contributed by atoms with Crippen LogP contribution in [0.3, 0.4) is 0 Å². The Bertz CT molecular complexity index is 381. The molecule has 0 aliphatic rings. The molecule has 0 spiro atoms. The van der Waals surface area contributed by atoms with E-state index in [0.717, 1.165) is 5.56 Å². The van der Waals surface area contributed by atoms with Crippen molar-refractivity contribution in [2.24, 2.45) is 0 Å². The van der Waals surface area contributed by atoms with E-state index in [0.29, 0.717) is 5.75 Å². The van der Waals surface area contributed by atoms with Crippen LogP contribution in [0, 0.1) is 6.92 Å². The summed E-state index contributed by atoms with van der Waals surface area (Å²) in [6, 6.07) is 7.25. The van der Waals surface area contributed by atoms with Gasteiger partial charge in [-0.15, -0.1) is 0 Å². The predicted octanol–water partition coefficient (Wildman–Crippen LogP) is 2.00. The molecule has 0 amide bonds. The van der Waals surface area contributed by atoms with Crippen LogP contribution in [0.1, 0.15) is 19.4 Å². The molecule has 0 bridgehead atoms. The molecule has 6 heteroatoms. The number of phenols is 1. The minimum atomic E-state index is -3.68. The van der Waals surface area contributed by atoms with Crippen molar-refractivity contribution in [3.8, 4) is 5.75 Å². The zero-order valence-electron chi connectivity index (χ0n) is 10.2. The molecule has 1 aromatic carbocycles. The molecular weight excluding hydrogens is 244 g/mol. The molecule has 17 heavy (non-hydrogen) atoms. The minimum Gasteiger partial charge on any atom is -0.508 e. The van der Waals surface area contributed by atoms with Crippen molar-refractivity contribution in [3.63, 3.8) is 0 Å². The summed E-state index contributed by atoms with van der Waals surface area (Å²) in [5.41, 5.74) is 0.924. The average molecular weight is 262 g/mol. The van der Waals surface area contributed by atoms with E-state index in [-0.39, 0.29) is 13.2 Å². The highest BCUT2D eigenvalue weighted by molar-refractivity contribution is 7.81. The van der Waals surface area contributed by atoms with Gasteiger partial charge in [0.25, 0.3) is 0 Å². The van der Waals surface area contributed by atoms with Gasteiger partial charge in [0, 0.05) is 0 Å². The summed E-state index contributed by atoms with van der Waals surface area (Å²) in [7, 11) is -3.68. The third-order valence-electron chi connectivity index (χ3n) is 1.64. The van der Waals surface area contributed by atoms with E-state index in [4.69, 9.17) is 5.11 Å². The topological polar surface area (TPSA) is 72.8 Å². The van der Waals surface area contributed by atoms with Crippen molar-refractivity contribution >= 4 is 10.4 Å². The summed E-state index contributed by atoms with van der Waals surface area (Å²) in [6.45, 7) is 5.26. The molecular formula is C11H18O5S. The molecule has 0 heterocycles. The van der Waals surface area contributed by atoms with E-state index in [2.05, 4.69) is 8.37 Å². The van der Waals surface area contributed by atoms with Crippen LogP contribution in [0.2, 0.25) is 0 Å². The maximum Gasteiger partial charge on any atom is 0.399 e. The molecule has 0 aliphatic carbocycles. The van der Waals surface area contributed by atoms with Crippen LogP contribution in [0.4, 0.5) is 0 Å². The monoisotopic (exact) mass is 262 g/mol. The van der Waals surface area contributed by atoms with Gasteiger partial charge < -0.3 is 5.11 Å². The van der Waals surface area contributed by atoms with E-state index in [1.165, 1.54) is 0 Å². The summed E-state index contributed by atoms with van der Waals surface area (Å²) in [6.07, 6.45) is 0. The van der Waals surface area contributed by atoms with Crippen LogP contribution < -0.4 is 0 Å². The average Bonchev–Trinajstić information content (AvgIpc) is 2.23. The molecule has 0 unspecified atom stereocenters. The Kier molecular flexibility index (Phi) is 7.53. The van der Waals surface area contributed by atoms with Gasteiger partial charge in [0.1, 0.15) is 5.75 Å². The van der Waals surface area contributed by atoms with E-state index in [9.17, 15) is 8.42 Å². The summed E-state index contributed by atoms with van der Waals surface area (Å²) in [5, 5.41) is 8.92. The van der Waals surface area contributed by atoms with Gasteiger partial charge in [0.15, 0.2) is 0 Å². The lowest BCUT2D eigenvalue weighted by molar-refractivity contribution is 0.231. The molecule has 0 atom stereocenters. The first-order valence-electron chi connectivity index (χ1n) is 5.21. The summed E-state index contributed by atoms with van der Waals surface area (Å²) in [5.74, 6) is 0.368. The third kappa shape index (κ3) is 7.73. The Hall–Kier alpha value is -1.11. The van der Waals surface area contributed by atoms with Gasteiger partial charge in [-0.3, -0.25) is 0 Å². The lowest BCUT2D eigenvalue weighted by Crippen LogP contribution is -2.09. The van der Waals surface area contributed by atoms with Gasteiger partial charge in [-0.05, 0) is 32.4 Å². The fraction of sp³-hybridized carbons (Fsp3) is 0.455. The Labute approximate surface area is 102 Å². The molecule has 0 fully saturated rings. The quantitative estimate of drug-likeness (QED) is 0.898. The molecule has 1 rings (SSSR count). The molecule has 0 saturated heterocycles. The fourth-order valence-corrected chi connectivity index (χ4v) is 1.53. The summed E-state index contributed by atoms with van der Waals surface area (Å²) in [4.78, 5) is 0. The number of rotatable bonds is 4. The maximum atomic E-state index is 10.4. The fourth-order valence-electron chi connectivity index (χ4n) is 0.886. The number of aryl methyl sites for hydroxylation is 1.